The molecule has 1 fully saturated rings. The molecule has 1 aromatic heterocycles. The van der Waals surface area contributed by atoms with Gasteiger partial charge in [0.2, 0.25) is 0 Å². The van der Waals surface area contributed by atoms with Crippen LogP contribution in [0.5, 0.6) is 0 Å². The van der Waals surface area contributed by atoms with E-state index in [2.05, 4.69) is 36.7 Å². The molecule has 78 valence electrons. The van der Waals surface area contributed by atoms with Crippen LogP contribution in [0.1, 0.15) is 43.5 Å². The minimum absolute atomic E-state index is 0.478. The number of hydrogen-bond acceptors (Lipinski definition) is 2. The number of nitrogens with zero attached hydrogens (tertiary/aromatic N) is 2. The number of aryl methyl sites for hydroxylation is 1. The Labute approximate surface area is 85.1 Å². The van der Waals surface area contributed by atoms with Crippen molar-refractivity contribution in [3.63, 3.8) is 0 Å². The van der Waals surface area contributed by atoms with Gasteiger partial charge in [0.05, 0.1) is 24.9 Å². The van der Waals surface area contributed by atoms with E-state index in [1.54, 1.807) is 0 Å². The van der Waals surface area contributed by atoms with E-state index in [0.717, 1.165) is 13.2 Å². The summed E-state index contributed by atoms with van der Waals surface area (Å²) in [6.45, 7) is 8.21. The summed E-state index contributed by atoms with van der Waals surface area (Å²) in [7, 11) is 0. The van der Waals surface area contributed by atoms with Crippen molar-refractivity contribution in [1.82, 2.24) is 9.78 Å². The maximum atomic E-state index is 5.16. The Bertz CT molecular complexity index is 315. The second kappa shape index (κ2) is 3.73. The summed E-state index contributed by atoms with van der Waals surface area (Å²) in [5.41, 5.74) is 2.56. The normalized spacial score (nSPS) is 19.4. The van der Waals surface area contributed by atoms with E-state index in [9.17, 15) is 0 Å². The Balaban J connectivity index is 2.20. The molecule has 1 aliphatic rings. The first-order valence-electron chi connectivity index (χ1n) is 5.35. The van der Waals surface area contributed by atoms with Gasteiger partial charge in [0.25, 0.3) is 0 Å². The third-order valence-electron chi connectivity index (χ3n) is 3.09. The van der Waals surface area contributed by atoms with Gasteiger partial charge in [-0.2, -0.15) is 5.10 Å². The Morgan fingerprint density at radius 1 is 1.64 bits per heavy atom. The quantitative estimate of drug-likeness (QED) is 0.738. The van der Waals surface area contributed by atoms with E-state index in [4.69, 9.17) is 4.74 Å². The van der Waals surface area contributed by atoms with Gasteiger partial charge in [-0.05, 0) is 24.8 Å². The van der Waals surface area contributed by atoms with E-state index in [0.29, 0.717) is 12.0 Å². The lowest BCUT2D eigenvalue weighted by molar-refractivity contribution is -0.0287. The molecule has 2 heterocycles. The molecule has 1 atom stereocenters. The zero-order valence-electron chi connectivity index (χ0n) is 9.16. The summed E-state index contributed by atoms with van der Waals surface area (Å²) in [5.74, 6) is 0.616. The van der Waals surface area contributed by atoms with E-state index in [1.807, 2.05) is 0 Å². The molecule has 0 aliphatic carbocycles. The third-order valence-corrected chi connectivity index (χ3v) is 3.09. The first kappa shape index (κ1) is 9.71. The van der Waals surface area contributed by atoms with Gasteiger partial charge in [-0.15, -0.1) is 0 Å². The highest BCUT2D eigenvalue weighted by Crippen LogP contribution is 2.24. The smallest absolute Gasteiger partial charge is 0.0985 e. The fourth-order valence-electron chi connectivity index (χ4n) is 1.76. The molecule has 3 heteroatoms. The Hall–Kier alpha value is -0.830. The van der Waals surface area contributed by atoms with Gasteiger partial charge < -0.3 is 4.74 Å². The van der Waals surface area contributed by atoms with Crippen LogP contribution in [0.15, 0.2) is 6.20 Å². The monoisotopic (exact) mass is 194 g/mol. The van der Waals surface area contributed by atoms with E-state index in [1.165, 1.54) is 17.7 Å². The van der Waals surface area contributed by atoms with Gasteiger partial charge in [-0.1, -0.05) is 13.8 Å². The average Bonchev–Trinajstić information content (AvgIpc) is 2.43. The van der Waals surface area contributed by atoms with Crippen molar-refractivity contribution >= 4 is 0 Å². The summed E-state index contributed by atoms with van der Waals surface area (Å²) < 4.78 is 7.23. The Kier molecular flexibility index (Phi) is 2.59. The van der Waals surface area contributed by atoms with Gasteiger partial charge in [-0.25, -0.2) is 0 Å². The largest absolute Gasteiger partial charge is 0.377 e. The lowest BCUT2D eigenvalue weighted by Gasteiger charge is -2.26. The number of rotatable bonds is 3. The molecule has 1 saturated heterocycles. The highest BCUT2D eigenvalue weighted by molar-refractivity contribution is 5.20. The maximum absolute atomic E-state index is 5.16. The van der Waals surface area contributed by atoms with Crippen LogP contribution in [0, 0.1) is 6.92 Å². The second-order valence-corrected chi connectivity index (χ2v) is 4.15. The Morgan fingerprint density at radius 3 is 2.86 bits per heavy atom. The molecule has 2 rings (SSSR count). The molecule has 14 heavy (non-hydrogen) atoms. The minimum atomic E-state index is 0.478. The first-order chi connectivity index (χ1) is 6.72. The number of hydrogen-bond donors (Lipinski definition) is 0. The van der Waals surface area contributed by atoms with Gasteiger partial charge in [0, 0.05) is 6.20 Å². The molecule has 0 N–H and O–H groups in total. The number of aromatic nitrogens is 2. The molecule has 0 unspecified atom stereocenters. The van der Waals surface area contributed by atoms with Crippen LogP contribution in [-0.2, 0) is 4.74 Å². The summed E-state index contributed by atoms with van der Waals surface area (Å²) in [5, 5.41) is 4.54. The van der Waals surface area contributed by atoms with Crippen molar-refractivity contribution in [3.05, 3.63) is 17.5 Å². The molecule has 3 nitrogen and oxygen atoms in total. The fraction of sp³-hybridized carbons (Fsp3) is 0.727. The summed E-state index contributed by atoms with van der Waals surface area (Å²) in [4.78, 5) is 0. The standard InChI is InChI=1S/C11H18N2O/c1-4-8(2)11-5-13(12-9(11)3)10-6-14-7-10/h5,8,10H,4,6-7H2,1-3H3/t8-/m0/s1. The average molecular weight is 194 g/mol. The molecular weight excluding hydrogens is 176 g/mol. The van der Waals surface area contributed by atoms with Crippen LogP contribution in [0.3, 0.4) is 0 Å². The predicted octanol–water partition coefficient (Wildman–Crippen LogP) is 2.28. The zero-order chi connectivity index (χ0) is 10.1. The second-order valence-electron chi connectivity index (χ2n) is 4.15. The third kappa shape index (κ3) is 1.57. The fourth-order valence-corrected chi connectivity index (χ4v) is 1.76. The lowest BCUT2D eigenvalue weighted by Crippen LogP contribution is -2.30. The lowest BCUT2D eigenvalue weighted by atomic mass is 10.00. The van der Waals surface area contributed by atoms with Crippen LogP contribution >= 0.6 is 0 Å². The zero-order valence-corrected chi connectivity index (χ0v) is 9.16. The molecule has 0 amide bonds. The minimum Gasteiger partial charge on any atom is -0.377 e. The predicted molar refractivity (Wildman–Crippen MR) is 55.5 cm³/mol. The van der Waals surface area contributed by atoms with Crippen LogP contribution in [0.25, 0.3) is 0 Å². The van der Waals surface area contributed by atoms with Crippen LogP contribution in [-0.4, -0.2) is 23.0 Å². The van der Waals surface area contributed by atoms with E-state index < -0.39 is 0 Å². The van der Waals surface area contributed by atoms with Crippen LogP contribution < -0.4 is 0 Å². The van der Waals surface area contributed by atoms with E-state index in [-0.39, 0.29) is 0 Å². The molecule has 0 aromatic carbocycles. The SMILES string of the molecule is CC[C@H](C)c1cn(C2COC2)nc1C. The Morgan fingerprint density at radius 2 is 2.36 bits per heavy atom. The van der Waals surface area contributed by atoms with Crippen molar-refractivity contribution < 1.29 is 4.74 Å². The molecule has 0 spiro atoms. The van der Waals surface area contributed by atoms with E-state index >= 15 is 0 Å². The van der Waals surface area contributed by atoms with Crippen molar-refractivity contribution in [1.29, 1.82) is 0 Å². The van der Waals surface area contributed by atoms with Gasteiger partial charge in [0.1, 0.15) is 0 Å². The van der Waals surface area contributed by atoms with Crippen molar-refractivity contribution in [2.45, 2.75) is 39.2 Å². The molecule has 1 aromatic rings. The summed E-state index contributed by atoms with van der Waals surface area (Å²) in [6.07, 6.45) is 3.37. The van der Waals surface area contributed by atoms with Crippen LogP contribution in [0.4, 0.5) is 0 Å². The summed E-state index contributed by atoms with van der Waals surface area (Å²) >= 11 is 0. The summed E-state index contributed by atoms with van der Waals surface area (Å²) in [6, 6.07) is 0.478. The molecule has 0 saturated carbocycles. The molecule has 0 bridgehead atoms. The molecular formula is C11H18N2O. The molecule has 0 radical (unpaired) electrons. The van der Waals surface area contributed by atoms with Gasteiger partial charge in [-0.3, -0.25) is 4.68 Å². The van der Waals surface area contributed by atoms with Crippen LogP contribution in [0.2, 0.25) is 0 Å². The van der Waals surface area contributed by atoms with Crippen molar-refractivity contribution in [2.24, 2.45) is 0 Å². The highest BCUT2D eigenvalue weighted by Gasteiger charge is 2.22. The number of ether oxygens (including phenoxy) is 1. The highest BCUT2D eigenvalue weighted by atomic mass is 16.5. The van der Waals surface area contributed by atoms with Gasteiger partial charge in [0.15, 0.2) is 0 Å². The topological polar surface area (TPSA) is 27.1 Å². The molecule has 1 aliphatic heterocycles. The van der Waals surface area contributed by atoms with Gasteiger partial charge >= 0.3 is 0 Å². The van der Waals surface area contributed by atoms with Crippen molar-refractivity contribution in [2.75, 3.05) is 13.2 Å². The maximum Gasteiger partial charge on any atom is 0.0985 e. The van der Waals surface area contributed by atoms with Crippen molar-refractivity contribution in [3.8, 4) is 0 Å². The first-order valence-corrected chi connectivity index (χ1v) is 5.35.